The Morgan fingerprint density at radius 2 is 1.56 bits per heavy atom. The van der Waals surface area contributed by atoms with Gasteiger partial charge in [-0.3, -0.25) is 4.79 Å². The molecule has 0 aliphatic rings. The Morgan fingerprint density at radius 1 is 0.963 bits per heavy atom. The van der Waals surface area contributed by atoms with Crippen LogP contribution in [0.5, 0.6) is 11.5 Å². The third-order valence-corrected chi connectivity index (χ3v) is 6.24. The lowest BCUT2D eigenvalue weighted by Gasteiger charge is -2.29. The highest BCUT2D eigenvalue weighted by Crippen LogP contribution is 2.31. The summed E-state index contributed by atoms with van der Waals surface area (Å²) in [5.74, 6) is 1.32. The van der Waals surface area contributed by atoms with E-state index in [9.17, 15) is 4.79 Å². The molecule has 1 unspecified atom stereocenters. The molecule has 0 spiro atoms. The molecule has 27 heavy (non-hydrogen) atoms. The van der Waals surface area contributed by atoms with Crippen molar-refractivity contribution in [2.75, 3.05) is 7.11 Å². The molecule has 0 amide bonds. The first-order valence-corrected chi connectivity index (χ1v) is 19.8. The molecule has 0 saturated carbocycles. The molecule has 0 fully saturated rings. The summed E-state index contributed by atoms with van der Waals surface area (Å²) in [6, 6.07) is 5.58. The second-order valence-corrected chi connectivity index (χ2v) is 23.5. The molecule has 0 radical (unpaired) electrons. The summed E-state index contributed by atoms with van der Waals surface area (Å²) in [6.45, 7) is 19.1. The third kappa shape index (κ3) is 9.59. The van der Waals surface area contributed by atoms with Crippen LogP contribution >= 0.6 is 0 Å². The van der Waals surface area contributed by atoms with Gasteiger partial charge in [0.15, 0.2) is 5.75 Å². The normalized spacial score (nSPS) is 13.9. The minimum absolute atomic E-state index is 0.155. The first kappa shape index (κ1) is 23.9. The van der Waals surface area contributed by atoms with Gasteiger partial charge in [-0.15, -0.1) is 0 Å². The molecule has 0 bridgehead atoms. The van der Waals surface area contributed by atoms with Crippen LogP contribution in [0, 0.1) is 0 Å². The quantitative estimate of drug-likeness (QED) is 0.583. The molecule has 1 aromatic carbocycles. The molecular formula is C19H37NO4Si3. The zero-order chi connectivity index (χ0) is 21.0. The molecule has 154 valence electrons. The summed E-state index contributed by atoms with van der Waals surface area (Å²) in [4.78, 5) is 16.3. The van der Waals surface area contributed by atoms with Crippen molar-refractivity contribution in [3.63, 3.8) is 0 Å². The van der Waals surface area contributed by atoms with Crippen LogP contribution in [0.4, 0.5) is 0 Å². The summed E-state index contributed by atoms with van der Waals surface area (Å²) in [5, 5.41) is 0. The molecule has 1 aromatic rings. The molecule has 1 N–H and O–H groups in total. The fourth-order valence-electron chi connectivity index (χ4n) is 2.58. The summed E-state index contributed by atoms with van der Waals surface area (Å²) in [7, 11) is -3.69. The number of carbonyl (C=O) groups excluding carboxylic acids is 1. The molecule has 0 aromatic heterocycles. The van der Waals surface area contributed by atoms with E-state index in [1.54, 1.807) is 7.11 Å². The molecule has 0 aliphatic heterocycles. The maximum absolute atomic E-state index is 12.8. The first-order valence-electron chi connectivity index (χ1n) is 9.46. The van der Waals surface area contributed by atoms with Crippen LogP contribution in [-0.2, 0) is 15.6 Å². The van der Waals surface area contributed by atoms with Crippen LogP contribution in [0.3, 0.4) is 0 Å². The van der Waals surface area contributed by atoms with Crippen molar-refractivity contribution >= 4 is 30.8 Å². The Morgan fingerprint density at radius 3 is 2.00 bits per heavy atom. The van der Waals surface area contributed by atoms with Crippen LogP contribution in [0.2, 0.25) is 58.9 Å². The smallest absolute Gasteiger partial charge is 0.309 e. The number of rotatable bonds is 9. The number of methoxy groups -OCH3 is 1. The van der Waals surface area contributed by atoms with E-state index in [2.05, 4.69) is 44.3 Å². The van der Waals surface area contributed by atoms with Gasteiger partial charge in [-0.1, -0.05) is 25.7 Å². The minimum Gasteiger partial charge on any atom is -0.542 e. The van der Waals surface area contributed by atoms with E-state index in [0.29, 0.717) is 12.2 Å². The van der Waals surface area contributed by atoms with Gasteiger partial charge in [-0.2, -0.15) is 0 Å². The predicted molar refractivity (Wildman–Crippen MR) is 120 cm³/mol. The van der Waals surface area contributed by atoms with Gasteiger partial charge < -0.3 is 18.6 Å². The fourth-order valence-corrected chi connectivity index (χ4v) is 5.42. The number of ether oxygens (including phenoxy) is 1. The Kier molecular flexibility index (Phi) is 7.92. The van der Waals surface area contributed by atoms with Gasteiger partial charge in [0.2, 0.25) is 16.6 Å². The second-order valence-electron chi connectivity index (χ2n) is 9.88. The largest absolute Gasteiger partial charge is 0.542 e. The molecule has 0 heterocycles. The maximum Gasteiger partial charge on any atom is 0.309 e. The predicted octanol–water partition coefficient (Wildman–Crippen LogP) is 4.62. The van der Waals surface area contributed by atoms with E-state index >= 15 is 0 Å². The van der Waals surface area contributed by atoms with Crippen LogP contribution in [0.1, 0.15) is 5.56 Å². The van der Waals surface area contributed by atoms with Crippen LogP contribution in [0.15, 0.2) is 18.2 Å². The monoisotopic (exact) mass is 427 g/mol. The SMILES string of the molecule is COc1cc(CC(N[Si](C)(C)C)C(=O)O[Si](C)(C)C)ccc1O[Si](C)(C)C. The lowest BCUT2D eigenvalue weighted by molar-refractivity contribution is -0.137. The zero-order valence-corrected chi connectivity index (χ0v) is 21.6. The average molecular weight is 428 g/mol. The molecule has 1 atom stereocenters. The second kappa shape index (κ2) is 8.93. The lowest BCUT2D eigenvalue weighted by Crippen LogP contribution is -2.54. The molecular weight excluding hydrogens is 390 g/mol. The van der Waals surface area contributed by atoms with Crippen LogP contribution in [0.25, 0.3) is 0 Å². The zero-order valence-electron chi connectivity index (χ0n) is 18.6. The minimum atomic E-state index is -1.94. The van der Waals surface area contributed by atoms with E-state index in [-0.39, 0.29) is 12.0 Å². The van der Waals surface area contributed by atoms with Crippen molar-refractivity contribution < 1.29 is 18.4 Å². The van der Waals surface area contributed by atoms with Crippen LogP contribution in [-0.4, -0.2) is 44.0 Å². The van der Waals surface area contributed by atoms with Gasteiger partial charge in [0, 0.05) is 0 Å². The Labute approximate surface area is 168 Å². The summed E-state index contributed by atoms with van der Waals surface area (Å²) >= 11 is 0. The van der Waals surface area contributed by atoms with Crippen molar-refractivity contribution in [1.29, 1.82) is 0 Å². The summed E-state index contributed by atoms with van der Waals surface area (Å²) < 4.78 is 17.4. The molecule has 5 nitrogen and oxygen atoms in total. The molecule has 8 heteroatoms. The number of nitrogens with one attached hydrogen (secondary N) is 1. The Bertz CT molecular complexity index is 646. The van der Waals surface area contributed by atoms with Gasteiger partial charge in [0.05, 0.1) is 7.11 Å². The topological polar surface area (TPSA) is 56.8 Å². The average Bonchev–Trinajstić information content (AvgIpc) is 2.43. The third-order valence-electron chi connectivity index (χ3n) is 3.38. The number of carbonyl (C=O) groups is 1. The van der Waals surface area contributed by atoms with Gasteiger partial charge in [-0.25, -0.2) is 0 Å². The number of benzene rings is 1. The first-order chi connectivity index (χ1) is 12.1. The van der Waals surface area contributed by atoms with Crippen LogP contribution < -0.4 is 14.1 Å². The van der Waals surface area contributed by atoms with E-state index in [1.165, 1.54) is 0 Å². The summed E-state index contributed by atoms with van der Waals surface area (Å²) in [6.07, 6.45) is 0.567. The van der Waals surface area contributed by atoms with Crippen molar-refractivity contribution in [3.8, 4) is 11.5 Å². The highest BCUT2D eigenvalue weighted by atomic mass is 28.4. The highest BCUT2D eigenvalue weighted by Gasteiger charge is 2.30. The van der Waals surface area contributed by atoms with Crippen molar-refractivity contribution in [3.05, 3.63) is 23.8 Å². The van der Waals surface area contributed by atoms with Gasteiger partial charge >= 0.3 is 5.97 Å². The van der Waals surface area contributed by atoms with E-state index in [1.807, 2.05) is 37.8 Å². The fraction of sp³-hybridized carbons (Fsp3) is 0.632. The molecule has 0 aliphatic carbocycles. The Hall–Kier alpha value is -1.10. The number of hydrogen-bond acceptors (Lipinski definition) is 5. The Balaban J connectivity index is 3.08. The van der Waals surface area contributed by atoms with E-state index in [4.69, 9.17) is 13.6 Å². The molecule has 1 rings (SSSR count). The van der Waals surface area contributed by atoms with Gasteiger partial charge in [-0.05, 0) is 63.4 Å². The maximum atomic E-state index is 12.8. The van der Waals surface area contributed by atoms with Crippen molar-refractivity contribution in [2.45, 2.75) is 71.4 Å². The van der Waals surface area contributed by atoms with E-state index in [0.717, 1.165) is 11.3 Å². The standard InChI is InChI=1S/C19H37NO4Si3/c1-22-18-14-15(11-12-17(18)23-26(5,6)7)13-16(20-25(2,3)4)19(21)24-27(8,9)10/h11-12,14,16,20H,13H2,1-10H3. The van der Waals surface area contributed by atoms with E-state index < -0.39 is 24.9 Å². The molecule has 0 saturated heterocycles. The van der Waals surface area contributed by atoms with Crippen molar-refractivity contribution in [1.82, 2.24) is 4.98 Å². The lowest BCUT2D eigenvalue weighted by atomic mass is 10.1. The highest BCUT2D eigenvalue weighted by molar-refractivity contribution is 6.74. The van der Waals surface area contributed by atoms with Crippen molar-refractivity contribution in [2.24, 2.45) is 0 Å². The summed E-state index contributed by atoms with van der Waals surface area (Å²) in [5.41, 5.74) is 1.03. The van der Waals surface area contributed by atoms with Gasteiger partial charge in [0.25, 0.3) is 0 Å². The van der Waals surface area contributed by atoms with Gasteiger partial charge in [0.1, 0.15) is 20.0 Å². The number of hydrogen-bond donors (Lipinski definition) is 1.